The van der Waals surface area contributed by atoms with Crippen molar-refractivity contribution in [2.24, 2.45) is 0 Å². The van der Waals surface area contributed by atoms with Crippen LogP contribution in [0.3, 0.4) is 0 Å². The Bertz CT molecular complexity index is 1160. The summed E-state index contributed by atoms with van der Waals surface area (Å²) in [6.45, 7) is 2.01. The number of halogens is 1. The lowest BCUT2D eigenvalue weighted by Gasteiger charge is -2.09. The van der Waals surface area contributed by atoms with Crippen molar-refractivity contribution in [2.45, 2.75) is 6.92 Å². The lowest BCUT2D eigenvalue weighted by atomic mass is 10.0. The topological polar surface area (TPSA) is 55.0 Å². The summed E-state index contributed by atoms with van der Waals surface area (Å²) in [6, 6.07) is 13.1. The number of aromatic amines is 1. The number of aryl methyl sites for hydroxylation is 1. The van der Waals surface area contributed by atoms with Crippen LogP contribution in [0.15, 0.2) is 52.6 Å². The summed E-state index contributed by atoms with van der Waals surface area (Å²) in [5, 5.41) is 3.18. The molecule has 0 bridgehead atoms. The van der Waals surface area contributed by atoms with Gasteiger partial charge in [0.05, 0.1) is 12.5 Å². The second-order valence-electron chi connectivity index (χ2n) is 5.95. The largest absolute Gasteiger partial charge is 0.496 e. The van der Waals surface area contributed by atoms with Gasteiger partial charge in [0, 0.05) is 27.1 Å². The Labute approximate surface area is 159 Å². The van der Waals surface area contributed by atoms with Gasteiger partial charge in [-0.1, -0.05) is 23.2 Å². The summed E-state index contributed by atoms with van der Waals surface area (Å²) in [7, 11) is 1.63. The predicted molar refractivity (Wildman–Crippen MR) is 107 cm³/mol. The van der Waals surface area contributed by atoms with Gasteiger partial charge in [0.2, 0.25) is 0 Å². The Balaban J connectivity index is 1.92. The molecule has 0 saturated heterocycles. The van der Waals surface area contributed by atoms with E-state index in [1.165, 1.54) is 11.3 Å². The fourth-order valence-corrected chi connectivity index (χ4v) is 3.99. The molecule has 4 nitrogen and oxygen atoms in total. The summed E-state index contributed by atoms with van der Waals surface area (Å²) in [6.07, 6.45) is 0. The van der Waals surface area contributed by atoms with E-state index in [9.17, 15) is 4.79 Å². The van der Waals surface area contributed by atoms with Crippen LogP contribution in [0.1, 0.15) is 5.56 Å². The Kier molecular flexibility index (Phi) is 4.26. The number of H-pyrrole nitrogens is 1. The molecule has 4 rings (SSSR count). The van der Waals surface area contributed by atoms with Crippen LogP contribution in [0.5, 0.6) is 5.75 Å². The molecule has 2 aromatic heterocycles. The van der Waals surface area contributed by atoms with E-state index in [0.29, 0.717) is 21.1 Å². The number of thiophene rings is 1. The maximum atomic E-state index is 12.8. The van der Waals surface area contributed by atoms with Crippen molar-refractivity contribution in [2.75, 3.05) is 7.11 Å². The van der Waals surface area contributed by atoms with Crippen molar-refractivity contribution in [3.05, 3.63) is 68.8 Å². The highest BCUT2D eigenvalue weighted by molar-refractivity contribution is 7.17. The van der Waals surface area contributed by atoms with Crippen LogP contribution >= 0.6 is 22.9 Å². The van der Waals surface area contributed by atoms with Gasteiger partial charge in [-0.25, -0.2) is 4.98 Å². The van der Waals surface area contributed by atoms with Crippen LogP contribution in [0.4, 0.5) is 0 Å². The molecule has 0 atom stereocenters. The van der Waals surface area contributed by atoms with Gasteiger partial charge in [-0.3, -0.25) is 4.79 Å². The van der Waals surface area contributed by atoms with E-state index in [0.717, 1.165) is 28.0 Å². The second-order valence-corrected chi connectivity index (χ2v) is 7.25. The van der Waals surface area contributed by atoms with Crippen LogP contribution in [0.25, 0.3) is 32.7 Å². The molecule has 0 aliphatic carbocycles. The SMILES string of the molecule is COc1ccc(C)cc1-c1csc2nc(-c3ccc(Cl)cc3)[nH]c(=O)c12. The van der Waals surface area contributed by atoms with Crippen LogP contribution in [0, 0.1) is 6.92 Å². The molecular formula is C20H15ClN2O2S. The highest BCUT2D eigenvalue weighted by atomic mass is 35.5. The Hall–Kier alpha value is -2.63. The van der Waals surface area contributed by atoms with Crippen LogP contribution in [-0.2, 0) is 0 Å². The number of hydrogen-bond acceptors (Lipinski definition) is 4. The Morgan fingerprint density at radius 1 is 1.12 bits per heavy atom. The van der Waals surface area contributed by atoms with Crippen LogP contribution in [0.2, 0.25) is 5.02 Å². The first-order chi connectivity index (χ1) is 12.6. The molecule has 0 spiro atoms. The van der Waals surface area contributed by atoms with Gasteiger partial charge in [-0.05, 0) is 43.3 Å². The van der Waals surface area contributed by atoms with E-state index >= 15 is 0 Å². The van der Waals surface area contributed by atoms with Crippen LogP contribution < -0.4 is 10.3 Å². The molecular weight excluding hydrogens is 368 g/mol. The first-order valence-corrected chi connectivity index (χ1v) is 9.25. The summed E-state index contributed by atoms with van der Waals surface area (Å²) in [5.74, 6) is 1.26. The molecule has 4 aromatic rings. The normalized spacial score (nSPS) is 11.0. The highest BCUT2D eigenvalue weighted by Gasteiger charge is 2.16. The molecule has 0 unspecified atom stereocenters. The van der Waals surface area contributed by atoms with Crippen molar-refractivity contribution < 1.29 is 4.74 Å². The summed E-state index contributed by atoms with van der Waals surface area (Å²) in [4.78, 5) is 21.0. The molecule has 130 valence electrons. The first kappa shape index (κ1) is 16.8. The van der Waals surface area contributed by atoms with Gasteiger partial charge in [-0.2, -0.15) is 0 Å². The highest BCUT2D eigenvalue weighted by Crippen LogP contribution is 2.37. The van der Waals surface area contributed by atoms with Crippen molar-refractivity contribution in [1.82, 2.24) is 9.97 Å². The molecule has 2 aromatic carbocycles. The van der Waals surface area contributed by atoms with E-state index in [-0.39, 0.29) is 5.56 Å². The number of benzene rings is 2. The Morgan fingerprint density at radius 2 is 1.88 bits per heavy atom. The number of nitrogens with one attached hydrogen (secondary N) is 1. The molecule has 2 heterocycles. The molecule has 0 amide bonds. The fourth-order valence-electron chi connectivity index (χ4n) is 2.92. The molecule has 6 heteroatoms. The zero-order valence-electron chi connectivity index (χ0n) is 14.2. The van der Waals surface area contributed by atoms with E-state index in [1.807, 2.05) is 42.6 Å². The third-order valence-electron chi connectivity index (χ3n) is 4.21. The lowest BCUT2D eigenvalue weighted by molar-refractivity contribution is 0.416. The predicted octanol–water partition coefficient (Wildman–Crippen LogP) is 5.29. The quantitative estimate of drug-likeness (QED) is 0.523. The van der Waals surface area contributed by atoms with Crippen molar-refractivity contribution in [3.63, 3.8) is 0 Å². The number of nitrogens with zero attached hydrogens (tertiary/aromatic N) is 1. The second kappa shape index (κ2) is 6.59. The first-order valence-electron chi connectivity index (χ1n) is 7.99. The number of hydrogen-bond donors (Lipinski definition) is 1. The minimum absolute atomic E-state index is 0.167. The minimum Gasteiger partial charge on any atom is -0.496 e. The minimum atomic E-state index is -0.167. The zero-order chi connectivity index (χ0) is 18.3. The van der Waals surface area contributed by atoms with Crippen LogP contribution in [-0.4, -0.2) is 17.1 Å². The molecule has 0 saturated carbocycles. The number of methoxy groups -OCH3 is 1. The third-order valence-corrected chi connectivity index (χ3v) is 5.33. The molecule has 0 radical (unpaired) electrons. The van der Waals surface area contributed by atoms with Gasteiger partial charge >= 0.3 is 0 Å². The molecule has 0 aliphatic rings. The third kappa shape index (κ3) is 2.89. The van der Waals surface area contributed by atoms with Gasteiger partial charge in [0.25, 0.3) is 5.56 Å². The Morgan fingerprint density at radius 3 is 2.62 bits per heavy atom. The smallest absolute Gasteiger partial charge is 0.260 e. The summed E-state index contributed by atoms with van der Waals surface area (Å²) >= 11 is 7.38. The number of rotatable bonds is 3. The van der Waals surface area contributed by atoms with Gasteiger partial charge < -0.3 is 9.72 Å². The van der Waals surface area contributed by atoms with E-state index in [1.54, 1.807) is 19.2 Å². The van der Waals surface area contributed by atoms with Crippen molar-refractivity contribution in [1.29, 1.82) is 0 Å². The monoisotopic (exact) mass is 382 g/mol. The van der Waals surface area contributed by atoms with Crippen molar-refractivity contribution in [3.8, 4) is 28.3 Å². The maximum absolute atomic E-state index is 12.8. The number of fused-ring (bicyclic) bond motifs is 1. The molecule has 26 heavy (non-hydrogen) atoms. The van der Waals surface area contributed by atoms with E-state index < -0.39 is 0 Å². The van der Waals surface area contributed by atoms with E-state index in [2.05, 4.69) is 9.97 Å². The van der Waals surface area contributed by atoms with Gasteiger partial charge in [-0.15, -0.1) is 11.3 Å². The van der Waals surface area contributed by atoms with E-state index in [4.69, 9.17) is 16.3 Å². The maximum Gasteiger partial charge on any atom is 0.260 e. The standard InChI is InChI=1S/C20H15ClN2O2S/c1-11-3-8-16(25-2)14(9-11)15-10-26-20-17(15)19(24)22-18(23-20)12-4-6-13(21)7-5-12/h3-10H,1-2H3,(H,22,23,24). The molecule has 0 fully saturated rings. The summed E-state index contributed by atoms with van der Waals surface area (Å²) in [5.41, 5.74) is 3.48. The summed E-state index contributed by atoms with van der Waals surface area (Å²) < 4.78 is 5.48. The zero-order valence-corrected chi connectivity index (χ0v) is 15.7. The molecule has 1 N–H and O–H groups in total. The number of ether oxygens (including phenoxy) is 1. The van der Waals surface area contributed by atoms with Crippen molar-refractivity contribution >= 4 is 33.2 Å². The molecule has 0 aliphatic heterocycles. The van der Waals surface area contributed by atoms with Gasteiger partial charge in [0.1, 0.15) is 16.4 Å². The lowest BCUT2D eigenvalue weighted by Crippen LogP contribution is -2.09. The fraction of sp³-hybridized carbons (Fsp3) is 0.100. The average Bonchev–Trinajstić information content (AvgIpc) is 3.06. The number of aromatic nitrogens is 2. The van der Waals surface area contributed by atoms with Gasteiger partial charge in [0.15, 0.2) is 0 Å². The average molecular weight is 383 g/mol.